The lowest BCUT2D eigenvalue weighted by molar-refractivity contribution is -0.136. The van der Waals surface area contributed by atoms with Crippen molar-refractivity contribution in [1.82, 2.24) is 0 Å². The summed E-state index contributed by atoms with van der Waals surface area (Å²) >= 11 is 0. The summed E-state index contributed by atoms with van der Waals surface area (Å²) in [6.07, 6.45) is 31.1. The van der Waals surface area contributed by atoms with Crippen LogP contribution in [0.15, 0.2) is 72.9 Å². The minimum absolute atomic E-state index is 0.127. The summed E-state index contributed by atoms with van der Waals surface area (Å²) in [7, 11) is -1.79. The maximum absolute atomic E-state index is 10.4. The Balaban J connectivity index is 4.36. The van der Waals surface area contributed by atoms with Crippen molar-refractivity contribution in [3.8, 4) is 0 Å². The summed E-state index contributed by atoms with van der Waals surface area (Å²) in [5.41, 5.74) is 0. The van der Waals surface area contributed by atoms with Crippen molar-refractivity contribution in [2.24, 2.45) is 0 Å². The van der Waals surface area contributed by atoms with Crippen molar-refractivity contribution in [3.63, 3.8) is 0 Å². The monoisotopic (exact) mass is 458 g/mol. The molecule has 0 bridgehead atoms. The Bertz CT molecular complexity index is 673. The van der Waals surface area contributed by atoms with Gasteiger partial charge in [0.2, 0.25) is 0 Å². The van der Waals surface area contributed by atoms with Crippen molar-refractivity contribution in [3.05, 3.63) is 72.9 Å². The number of carbonyl (C=O) groups is 1. The van der Waals surface area contributed by atoms with Gasteiger partial charge in [-0.1, -0.05) is 101 Å². The maximum atomic E-state index is 10.4. The van der Waals surface area contributed by atoms with Gasteiger partial charge in [-0.05, 0) is 56.7 Å². The van der Waals surface area contributed by atoms with Gasteiger partial charge in [0, 0.05) is 6.42 Å². The molecule has 0 saturated carbocycles. The molecule has 0 rings (SSSR count). The van der Waals surface area contributed by atoms with Crippen LogP contribution in [-0.4, -0.2) is 25.5 Å². The average molecular weight is 459 g/mol. The van der Waals surface area contributed by atoms with Gasteiger partial charge in [0.25, 0.3) is 0 Å². The summed E-state index contributed by atoms with van der Waals surface area (Å²) in [6.45, 7) is 13.6. The summed E-state index contributed by atoms with van der Waals surface area (Å²) in [5.74, 6) is -0.747. The molecule has 0 aromatic heterocycles. The zero-order valence-corrected chi connectivity index (χ0v) is 22.2. The minimum Gasteiger partial charge on any atom is -0.481 e. The summed E-state index contributed by atoms with van der Waals surface area (Å²) < 4.78 is 6.59. The first-order valence-electron chi connectivity index (χ1n) is 11.9. The van der Waals surface area contributed by atoms with Gasteiger partial charge in [0.15, 0.2) is 8.32 Å². The standard InChI is InChI=1S/C28H46O3Si/c1-7-8-20-23-26(31-32(5,6)28(2,3)4)24-21-18-16-14-12-10-9-11-13-15-17-19-22-25-27(29)30/h8,10-13,16-21,24,26H,7,9,14-15,22-23,25H2,1-6H3,(H,29,30)/b12-10-,13-11-,18-16-,19-17-,20-8-,24-21+/t26-/m0/s1. The lowest BCUT2D eigenvalue weighted by atomic mass is 10.2. The van der Waals surface area contributed by atoms with Crippen LogP contribution in [-0.2, 0) is 9.22 Å². The second-order valence-corrected chi connectivity index (χ2v) is 14.2. The third-order valence-corrected chi connectivity index (χ3v) is 9.94. The van der Waals surface area contributed by atoms with Crippen LogP contribution in [0.5, 0.6) is 0 Å². The van der Waals surface area contributed by atoms with Crippen LogP contribution in [0.4, 0.5) is 0 Å². The van der Waals surface area contributed by atoms with Crippen LogP contribution in [0.25, 0.3) is 0 Å². The van der Waals surface area contributed by atoms with Crippen LogP contribution in [0.2, 0.25) is 18.1 Å². The molecule has 0 amide bonds. The number of allylic oxidation sites excluding steroid dienone is 10. The molecule has 0 saturated heterocycles. The van der Waals surface area contributed by atoms with E-state index in [9.17, 15) is 4.79 Å². The number of rotatable bonds is 16. The normalized spacial score (nSPS) is 14.9. The Kier molecular flexibility index (Phi) is 16.6. The molecule has 180 valence electrons. The Hall–Kier alpha value is -1.91. The molecule has 3 nitrogen and oxygen atoms in total. The molecule has 0 aromatic carbocycles. The predicted octanol–water partition coefficient (Wildman–Crippen LogP) is 8.55. The van der Waals surface area contributed by atoms with Gasteiger partial charge in [-0.15, -0.1) is 0 Å². The first-order valence-corrected chi connectivity index (χ1v) is 14.8. The number of hydrogen-bond donors (Lipinski definition) is 1. The zero-order valence-electron chi connectivity index (χ0n) is 21.2. The van der Waals surface area contributed by atoms with Gasteiger partial charge in [0.1, 0.15) is 0 Å². The van der Waals surface area contributed by atoms with Gasteiger partial charge < -0.3 is 9.53 Å². The molecule has 1 N–H and O–H groups in total. The van der Waals surface area contributed by atoms with Crippen molar-refractivity contribution in [2.75, 3.05) is 0 Å². The molecule has 0 aliphatic rings. The third kappa shape index (κ3) is 16.7. The third-order valence-electron chi connectivity index (χ3n) is 5.44. The second-order valence-electron chi connectivity index (χ2n) is 9.40. The van der Waals surface area contributed by atoms with E-state index in [1.807, 2.05) is 12.2 Å². The largest absolute Gasteiger partial charge is 0.481 e. The highest BCUT2D eigenvalue weighted by atomic mass is 28.4. The first-order chi connectivity index (χ1) is 15.1. The van der Waals surface area contributed by atoms with Crippen LogP contribution in [0.3, 0.4) is 0 Å². The van der Waals surface area contributed by atoms with Crippen LogP contribution >= 0.6 is 0 Å². The molecule has 0 heterocycles. The fourth-order valence-electron chi connectivity index (χ4n) is 2.50. The quantitative estimate of drug-likeness (QED) is 0.143. The van der Waals surface area contributed by atoms with Crippen molar-refractivity contribution >= 4 is 14.3 Å². The Labute approximate surface area is 198 Å². The number of carboxylic acid groups (broad SMARTS) is 1. The number of hydrogen-bond acceptors (Lipinski definition) is 2. The molecule has 0 fully saturated rings. The number of aliphatic carboxylic acids is 1. The zero-order chi connectivity index (χ0) is 24.3. The number of carboxylic acids is 1. The van der Waals surface area contributed by atoms with E-state index in [1.165, 1.54) is 0 Å². The first kappa shape index (κ1) is 30.1. The highest BCUT2D eigenvalue weighted by Gasteiger charge is 2.38. The summed E-state index contributed by atoms with van der Waals surface area (Å²) in [6, 6.07) is 0. The molecule has 4 heteroatoms. The highest BCUT2D eigenvalue weighted by molar-refractivity contribution is 6.74. The molecular formula is C28H46O3Si. The van der Waals surface area contributed by atoms with Gasteiger partial charge in [-0.25, -0.2) is 0 Å². The van der Waals surface area contributed by atoms with Crippen LogP contribution < -0.4 is 0 Å². The predicted molar refractivity (Wildman–Crippen MR) is 143 cm³/mol. The molecular weight excluding hydrogens is 412 g/mol. The van der Waals surface area contributed by atoms with Crippen LogP contribution in [0.1, 0.15) is 72.6 Å². The Morgan fingerprint density at radius 2 is 1.44 bits per heavy atom. The highest BCUT2D eigenvalue weighted by Crippen LogP contribution is 2.37. The molecule has 0 unspecified atom stereocenters. The van der Waals surface area contributed by atoms with Gasteiger partial charge >= 0.3 is 5.97 Å². The SMILES string of the molecule is CC/C=C\C[C@@H](/C=C/C=C\C/C=C\C/C=C\C/C=C\CCC(=O)O)O[Si](C)(C)C(C)(C)C. The molecule has 0 aliphatic heterocycles. The fourth-order valence-corrected chi connectivity index (χ4v) is 3.79. The molecule has 0 aromatic rings. The van der Waals surface area contributed by atoms with Crippen molar-refractivity contribution < 1.29 is 14.3 Å². The second kappa shape index (κ2) is 17.6. The van der Waals surface area contributed by atoms with Crippen LogP contribution in [0, 0.1) is 0 Å². The van der Waals surface area contributed by atoms with Gasteiger partial charge in [0.05, 0.1) is 6.10 Å². The molecule has 1 atom stereocenters. The lowest BCUT2D eigenvalue weighted by Crippen LogP contribution is -2.43. The Morgan fingerprint density at radius 3 is 1.97 bits per heavy atom. The van der Waals surface area contributed by atoms with Gasteiger partial charge in [-0.2, -0.15) is 0 Å². The van der Waals surface area contributed by atoms with E-state index in [1.54, 1.807) is 0 Å². The molecule has 0 spiro atoms. The fraction of sp³-hybridized carbons (Fsp3) is 0.536. The molecule has 0 radical (unpaired) electrons. The lowest BCUT2D eigenvalue weighted by Gasteiger charge is -2.38. The average Bonchev–Trinajstić information content (AvgIpc) is 2.69. The smallest absolute Gasteiger partial charge is 0.303 e. The van der Waals surface area contributed by atoms with E-state index < -0.39 is 14.3 Å². The van der Waals surface area contributed by atoms with E-state index in [2.05, 4.69) is 102 Å². The maximum Gasteiger partial charge on any atom is 0.303 e. The summed E-state index contributed by atoms with van der Waals surface area (Å²) in [4.78, 5) is 10.4. The van der Waals surface area contributed by atoms with Crippen molar-refractivity contribution in [1.29, 1.82) is 0 Å². The van der Waals surface area contributed by atoms with E-state index in [4.69, 9.17) is 9.53 Å². The van der Waals surface area contributed by atoms with Gasteiger partial charge in [-0.3, -0.25) is 4.79 Å². The molecule has 32 heavy (non-hydrogen) atoms. The van der Waals surface area contributed by atoms with E-state index in [0.29, 0.717) is 6.42 Å². The topological polar surface area (TPSA) is 46.5 Å². The molecule has 0 aliphatic carbocycles. The van der Waals surface area contributed by atoms with E-state index in [-0.39, 0.29) is 17.6 Å². The Morgan fingerprint density at radius 1 is 0.875 bits per heavy atom. The minimum atomic E-state index is -1.79. The van der Waals surface area contributed by atoms with E-state index >= 15 is 0 Å². The van der Waals surface area contributed by atoms with E-state index in [0.717, 1.165) is 32.1 Å². The van der Waals surface area contributed by atoms with Crippen molar-refractivity contribution in [2.45, 2.75) is 96.9 Å². The summed E-state index contributed by atoms with van der Waals surface area (Å²) in [5, 5.41) is 8.77.